The van der Waals surface area contributed by atoms with E-state index >= 15 is 0 Å². The number of piperazine rings is 1. The second-order valence-corrected chi connectivity index (χ2v) is 13.8. The summed E-state index contributed by atoms with van der Waals surface area (Å²) in [5.74, 6) is 1.75. The number of rotatable bonds is 10. The number of carbonyl (C=O) groups is 1. The Kier molecular flexibility index (Phi) is 10.8. The molecule has 1 amide bonds. The molecule has 0 radical (unpaired) electrons. The van der Waals surface area contributed by atoms with E-state index in [9.17, 15) is 4.79 Å². The van der Waals surface area contributed by atoms with Crippen molar-refractivity contribution in [2.45, 2.75) is 52.4 Å². The van der Waals surface area contributed by atoms with Crippen LogP contribution >= 0.6 is 0 Å². The van der Waals surface area contributed by atoms with Crippen molar-refractivity contribution in [2.24, 2.45) is 5.92 Å². The molecule has 0 bridgehead atoms. The summed E-state index contributed by atoms with van der Waals surface area (Å²) in [7, 11) is 0. The topological polar surface area (TPSA) is 67.4 Å². The average Bonchev–Trinajstić information content (AvgIpc) is 3.11. The van der Waals surface area contributed by atoms with E-state index in [1.807, 2.05) is 80.3 Å². The third-order valence-corrected chi connectivity index (χ3v) is 8.96. The van der Waals surface area contributed by atoms with Crippen molar-refractivity contribution < 1.29 is 19.0 Å². The molecule has 3 heterocycles. The first-order valence-electron chi connectivity index (χ1n) is 17.2. The molecule has 2 saturated heterocycles. The molecule has 0 atom stereocenters. The Hall–Kier alpha value is -4.56. The number of amides is 1. The van der Waals surface area contributed by atoms with E-state index < -0.39 is 5.60 Å². The van der Waals surface area contributed by atoms with E-state index in [2.05, 4.69) is 52.3 Å². The SMILES string of the molecule is CC(C)(C)OC(=O)N1CCN(CC2CCN(c3cccc(-c4ccc(OCc5ccccc5)nc4OCc4ccccc4)c3)CC2)CC1. The van der Waals surface area contributed by atoms with Crippen LogP contribution in [0.3, 0.4) is 0 Å². The lowest BCUT2D eigenvalue weighted by Gasteiger charge is -2.39. The third kappa shape index (κ3) is 9.28. The van der Waals surface area contributed by atoms with Crippen LogP contribution < -0.4 is 14.4 Å². The van der Waals surface area contributed by atoms with Gasteiger partial charge in [-0.15, -0.1) is 0 Å². The zero-order valence-corrected chi connectivity index (χ0v) is 28.5. The Morgan fingerprint density at radius 3 is 2.04 bits per heavy atom. The van der Waals surface area contributed by atoms with Crippen molar-refractivity contribution in [3.63, 3.8) is 0 Å². The quantitative estimate of drug-likeness (QED) is 0.175. The summed E-state index contributed by atoms with van der Waals surface area (Å²) in [6.07, 6.45) is 2.10. The molecule has 2 aliphatic heterocycles. The van der Waals surface area contributed by atoms with Crippen LogP contribution in [0.4, 0.5) is 10.5 Å². The van der Waals surface area contributed by atoms with Gasteiger partial charge in [-0.2, -0.15) is 4.98 Å². The summed E-state index contributed by atoms with van der Waals surface area (Å²) >= 11 is 0. The number of carbonyl (C=O) groups excluding carboxylic acids is 1. The number of nitrogens with zero attached hydrogens (tertiary/aromatic N) is 4. The van der Waals surface area contributed by atoms with Gasteiger partial charge in [-0.1, -0.05) is 72.8 Å². The number of pyridine rings is 1. The van der Waals surface area contributed by atoms with Crippen molar-refractivity contribution in [3.05, 3.63) is 108 Å². The molecule has 252 valence electrons. The van der Waals surface area contributed by atoms with Gasteiger partial charge >= 0.3 is 6.09 Å². The molecule has 1 aromatic heterocycles. The van der Waals surface area contributed by atoms with E-state index in [-0.39, 0.29) is 6.09 Å². The number of hydrogen-bond acceptors (Lipinski definition) is 7. The third-order valence-electron chi connectivity index (χ3n) is 8.96. The summed E-state index contributed by atoms with van der Waals surface area (Å²) in [5, 5.41) is 0. The number of anilines is 1. The Balaban J connectivity index is 1.07. The van der Waals surface area contributed by atoms with Gasteiger partial charge < -0.3 is 24.0 Å². The first-order chi connectivity index (χ1) is 23.3. The lowest BCUT2D eigenvalue weighted by Crippen LogP contribution is -2.51. The van der Waals surface area contributed by atoms with E-state index in [4.69, 9.17) is 19.2 Å². The number of benzene rings is 3. The highest BCUT2D eigenvalue weighted by Crippen LogP contribution is 2.34. The molecule has 8 nitrogen and oxygen atoms in total. The lowest BCUT2D eigenvalue weighted by atomic mass is 9.95. The maximum absolute atomic E-state index is 12.5. The Labute approximate surface area is 285 Å². The van der Waals surface area contributed by atoms with Crippen molar-refractivity contribution in [1.82, 2.24) is 14.8 Å². The van der Waals surface area contributed by atoms with Crippen LogP contribution in [0.5, 0.6) is 11.8 Å². The van der Waals surface area contributed by atoms with Crippen LogP contribution in [0, 0.1) is 5.92 Å². The van der Waals surface area contributed by atoms with Crippen molar-refractivity contribution in [3.8, 4) is 22.9 Å². The van der Waals surface area contributed by atoms with Gasteiger partial charge in [-0.05, 0) is 74.4 Å². The van der Waals surface area contributed by atoms with Crippen molar-refractivity contribution in [2.75, 3.05) is 50.7 Å². The molecule has 0 aliphatic carbocycles. The lowest BCUT2D eigenvalue weighted by molar-refractivity contribution is 0.0130. The molecular weight excluding hydrogens is 600 g/mol. The normalized spacial score (nSPS) is 16.1. The van der Waals surface area contributed by atoms with E-state index in [0.29, 0.717) is 30.9 Å². The molecule has 48 heavy (non-hydrogen) atoms. The fourth-order valence-corrected chi connectivity index (χ4v) is 6.34. The second kappa shape index (κ2) is 15.6. The molecule has 2 fully saturated rings. The fraction of sp³-hybridized carbons (Fsp3) is 0.400. The Bertz CT molecular complexity index is 1610. The summed E-state index contributed by atoms with van der Waals surface area (Å²) < 4.78 is 18.0. The standard InChI is InChI=1S/C40H48N4O4/c1-40(2,3)48-39(45)44-25-23-42(24-26-44)28-31-19-21-43(22-20-31)35-16-10-15-34(27-35)36-17-18-37(46-29-32-11-6-4-7-12-32)41-38(36)47-30-33-13-8-5-9-14-33/h4-18,27,31H,19-26,28-30H2,1-3H3. The number of hydrogen-bond donors (Lipinski definition) is 0. The highest BCUT2D eigenvalue weighted by Gasteiger charge is 2.28. The van der Waals surface area contributed by atoms with Gasteiger partial charge in [-0.3, -0.25) is 4.90 Å². The predicted octanol–water partition coefficient (Wildman–Crippen LogP) is 7.68. The Morgan fingerprint density at radius 1 is 0.750 bits per heavy atom. The van der Waals surface area contributed by atoms with Crippen LogP contribution in [0.15, 0.2) is 97.1 Å². The van der Waals surface area contributed by atoms with Gasteiger partial charge in [0, 0.05) is 63.1 Å². The van der Waals surface area contributed by atoms with Crippen LogP contribution in [0.2, 0.25) is 0 Å². The van der Waals surface area contributed by atoms with Gasteiger partial charge in [0.2, 0.25) is 11.8 Å². The predicted molar refractivity (Wildman–Crippen MR) is 190 cm³/mol. The smallest absolute Gasteiger partial charge is 0.410 e. The zero-order chi connectivity index (χ0) is 33.3. The molecular formula is C40H48N4O4. The van der Waals surface area contributed by atoms with Crippen LogP contribution in [0.1, 0.15) is 44.7 Å². The summed E-state index contributed by atoms with van der Waals surface area (Å²) in [6.45, 7) is 13.0. The van der Waals surface area contributed by atoms with Gasteiger partial charge in [0.1, 0.15) is 18.8 Å². The maximum Gasteiger partial charge on any atom is 0.410 e. The molecule has 0 saturated carbocycles. The molecule has 0 N–H and O–H groups in total. The Morgan fingerprint density at radius 2 is 1.40 bits per heavy atom. The summed E-state index contributed by atoms with van der Waals surface area (Å²) in [4.78, 5) is 24.1. The molecule has 8 heteroatoms. The maximum atomic E-state index is 12.5. The number of ether oxygens (including phenoxy) is 3. The largest absolute Gasteiger partial charge is 0.473 e. The minimum atomic E-state index is -0.459. The highest BCUT2D eigenvalue weighted by molar-refractivity contribution is 5.73. The van der Waals surface area contributed by atoms with Crippen LogP contribution in [-0.4, -0.2) is 72.3 Å². The van der Waals surface area contributed by atoms with Gasteiger partial charge in [0.05, 0.1) is 0 Å². The van der Waals surface area contributed by atoms with E-state index in [1.54, 1.807) is 0 Å². The average molecular weight is 649 g/mol. The highest BCUT2D eigenvalue weighted by atomic mass is 16.6. The van der Waals surface area contributed by atoms with Crippen molar-refractivity contribution >= 4 is 11.8 Å². The van der Waals surface area contributed by atoms with E-state index in [1.165, 1.54) is 5.69 Å². The minimum absolute atomic E-state index is 0.198. The van der Waals surface area contributed by atoms with Gasteiger partial charge in [-0.25, -0.2) is 4.79 Å². The molecule has 4 aromatic rings. The summed E-state index contributed by atoms with van der Waals surface area (Å²) in [5.41, 5.74) is 4.95. The molecule has 6 rings (SSSR count). The zero-order valence-electron chi connectivity index (χ0n) is 28.5. The minimum Gasteiger partial charge on any atom is -0.473 e. The molecule has 3 aromatic carbocycles. The summed E-state index contributed by atoms with van der Waals surface area (Å²) in [6, 6.07) is 33.0. The number of piperidine rings is 1. The monoisotopic (exact) mass is 648 g/mol. The van der Waals surface area contributed by atoms with Crippen molar-refractivity contribution in [1.29, 1.82) is 0 Å². The first kappa shape index (κ1) is 33.3. The molecule has 0 spiro atoms. The van der Waals surface area contributed by atoms with Crippen LogP contribution in [-0.2, 0) is 18.0 Å². The van der Waals surface area contributed by atoms with Gasteiger partial charge in [0.15, 0.2) is 0 Å². The van der Waals surface area contributed by atoms with E-state index in [0.717, 1.165) is 80.9 Å². The molecule has 0 unspecified atom stereocenters. The fourth-order valence-electron chi connectivity index (χ4n) is 6.34. The first-order valence-corrected chi connectivity index (χ1v) is 17.2. The number of aromatic nitrogens is 1. The van der Waals surface area contributed by atoms with Gasteiger partial charge in [0.25, 0.3) is 0 Å². The molecule has 2 aliphatic rings. The second-order valence-electron chi connectivity index (χ2n) is 13.8. The van der Waals surface area contributed by atoms with Crippen LogP contribution in [0.25, 0.3) is 11.1 Å².